The SMILES string of the molecule is CCc1nc(CC)n(C(C(C)N)C(C)(C)C)n1. The quantitative estimate of drug-likeness (QED) is 0.876. The fourth-order valence-electron chi connectivity index (χ4n) is 2.40. The summed E-state index contributed by atoms with van der Waals surface area (Å²) in [5.41, 5.74) is 6.22. The zero-order valence-corrected chi connectivity index (χ0v) is 12.0. The molecule has 0 fully saturated rings. The van der Waals surface area contributed by atoms with Crippen LogP contribution in [0.15, 0.2) is 0 Å². The van der Waals surface area contributed by atoms with Gasteiger partial charge in [-0.3, -0.25) is 0 Å². The summed E-state index contributed by atoms with van der Waals surface area (Å²) in [6, 6.07) is 0.247. The van der Waals surface area contributed by atoms with E-state index in [4.69, 9.17) is 5.73 Å². The topological polar surface area (TPSA) is 56.7 Å². The maximum absolute atomic E-state index is 6.14. The van der Waals surface area contributed by atoms with Crippen molar-refractivity contribution in [2.45, 2.75) is 66.5 Å². The van der Waals surface area contributed by atoms with Gasteiger partial charge in [-0.15, -0.1) is 0 Å². The van der Waals surface area contributed by atoms with E-state index in [9.17, 15) is 0 Å². The van der Waals surface area contributed by atoms with Gasteiger partial charge in [0.15, 0.2) is 5.82 Å². The van der Waals surface area contributed by atoms with Crippen LogP contribution in [-0.4, -0.2) is 20.8 Å². The van der Waals surface area contributed by atoms with Crippen molar-refractivity contribution in [3.05, 3.63) is 11.6 Å². The second-order valence-corrected chi connectivity index (χ2v) is 5.77. The van der Waals surface area contributed by atoms with Gasteiger partial charge in [0.2, 0.25) is 0 Å². The summed E-state index contributed by atoms with van der Waals surface area (Å²) in [5.74, 6) is 1.95. The number of aromatic nitrogens is 3. The number of aryl methyl sites for hydroxylation is 2. The Balaban J connectivity index is 3.22. The van der Waals surface area contributed by atoms with E-state index >= 15 is 0 Å². The molecule has 2 atom stereocenters. The van der Waals surface area contributed by atoms with E-state index in [1.807, 2.05) is 11.6 Å². The zero-order chi connectivity index (χ0) is 13.2. The van der Waals surface area contributed by atoms with E-state index < -0.39 is 0 Å². The normalized spacial score (nSPS) is 15.9. The standard InChI is InChI=1S/C13H26N4/c1-7-10-15-11(8-2)17(16-10)12(9(3)14)13(4,5)6/h9,12H,7-8,14H2,1-6H3. The van der Waals surface area contributed by atoms with E-state index in [1.165, 1.54) is 0 Å². The Labute approximate surface area is 105 Å². The van der Waals surface area contributed by atoms with E-state index in [2.05, 4.69) is 44.7 Å². The van der Waals surface area contributed by atoms with Gasteiger partial charge in [0.1, 0.15) is 5.82 Å². The van der Waals surface area contributed by atoms with Gasteiger partial charge in [-0.1, -0.05) is 34.6 Å². The fourth-order valence-corrected chi connectivity index (χ4v) is 2.40. The van der Waals surface area contributed by atoms with Gasteiger partial charge in [-0.05, 0) is 12.3 Å². The number of nitrogens with two attached hydrogens (primary N) is 1. The lowest BCUT2D eigenvalue weighted by Gasteiger charge is -2.34. The van der Waals surface area contributed by atoms with E-state index in [-0.39, 0.29) is 17.5 Å². The first kappa shape index (κ1) is 14.2. The average Bonchev–Trinajstić information content (AvgIpc) is 2.58. The van der Waals surface area contributed by atoms with E-state index in [0.29, 0.717) is 0 Å². The average molecular weight is 238 g/mol. The Kier molecular flexibility index (Phi) is 4.31. The highest BCUT2D eigenvalue weighted by Gasteiger charge is 2.32. The van der Waals surface area contributed by atoms with Crippen LogP contribution < -0.4 is 5.73 Å². The van der Waals surface area contributed by atoms with Crippen LogP contribution >= 0.6 is 0 Å². The smallest absolute Gasteiger partial charge is 0.150 e. The molecule has 0 aliphatic carbocycles. The third-order valence-electron chi connectivity index (χ3n) is 3.03. The van der Waals surface area contributed by atoms with Crippen molar-refractivity contribution >= 4 is 0 Å². The second kappa shape index (κ2) is 5.17. The first-order valence-electron chi connectivity index (χ1n) is 6.51. The Morgan fingerprint density at radius 2 is 1.82 bits per heavy atom. The summed E-state index contributed by atoms with van der Waals surface area (Å²) in [5, 5.41) is 4.61. The predicted molar refractivity (Wildman–Crippen MR) is 70.9 cm³/mol. The van der Waals surface area contributed by atoms with Crippen molar-refractivity contribution in [1.82, 2.24) is 14.8 Å². The van der Waals surface area contributed by atoms with Crippen LogP contribution in [0.1, 0.15) is 59.2 Å². The molecule has 2 unspecified atom stereocenters. The maximum Gasteiger partial charge on any atom is 0.150 e. The van der Waals surface area contributed by atoms with Crippen molar-refractivity contribution in [2.24, 2.45) is 11.1 Å². The van der Waals surface area contributed by atoms with Crippen LogP contribution in [0.25, 0.3) is 0 Å². The molecule has 17 heavy (non-hydrogen) atoms. The van der Waals surface area contributed by atoms with Gasteiger partial charge in [0.05, 0.1) is 6.04 Å². The Bertz CT molecular complexity index is 360. The van der Waals surface area contributed by atoms with Crippen molar-refractivity contribution in [3.8, 4) is 0 Å². The maximum atomic E-state index is 6.14. The molecule has 2 N–H and O–H groups in total. The molecule has 0 amide bonds. The summed E-state index contributed by atoms with van der Waals surface area (Å²) in [4.78, 5) is 4.56. The van der Waals surface area contributed by atoms with Crippen LogP contribution in [0.3, 0.4) is 0 Å². The number of rotatable bonds is 4. The third kappa shape index (κ3) is 3.06. The molecule has 0 aliphatic heterocycles. The Morgan fingerprint density at radius 1 is 1.24 bits per heavy atom. The molecule has 1 heterocycles. The zero-order valence-electron chi connectivity index (χ0n) is 12.0. The fraction of sp³-hybridized carbons (Fsp3) is 0.846. The van der Waals surface area contributed by atoms with E-state index in [1.54, 1.807) is 0 Å². The molecule has 4 nitrogen and oxygen atoms in total. The molecule has 0 aromatic carbocycles. The number of hydrogen-bond acceptors (Lipinski definition) is 3. The largest absolute Gasteiger partial charge is 0.326 e. The van der Waals surface area contributed by atoms with Crippen LogP contribution in [0.2, 0.25) is 0 Å². The molecule has 1 aromatic rings. The molecule has 0 aliphatic rings. The van der Waals surface area contributed by atoms with Gasteiger partial charge < -0.3 is 5.73 Å². The Morgan fingerprint density at radius 3 is 2.18 bits per heavy atom. The van der Waals surface area contributed by atoms with Gasteiger partial charge in [-0.2, -0.15) is 5.10 Å². The van der Waals surface area contributed by atoms with Crippen LogP contribution in [0, 0.1) is 5.41 Å². The van der Waals surface area contributed by atoms with Gasteiger partial charge in [-0.25, -0.2) is 9.67 Å². The van der Waals surface area contributed by atoms with Gasteiger partial charge in [0.25, 0.3) is 0 Å². The highest BCUT2D eigenvalue weighted by molar-refractivity contribution is 4.98. The molecule has 0 bridgehead atoms. The Hall–Kier alpha value is -0.900. The van der Waals surface area contributed by atoms with Crippen molar-refractivity contribution < 1.29 is 0 Å². The van der Waals surface area contributed by atoms with Crippen LogP contribution in [0.4, 0.5) is 0 Å². The minimum atomic E-state index is 0.0618. The highest BCUT2D eigenvalue weighted by atomic mass is 15.4. The first-order chi connectivity index (χ1) is 7.81. The van der Waals surface area contributed by atoms with Gasteiger partial charge >= 0.3 is 0 Å². The molecule has 4 heteroatoms. The molecule has 0 spiro atoms. The van der Waals surface area contributed by atoms with Crippen LogP contribution in [0.5, 0.6) is 0 Å². The predicted octanol–water partition coefficient (Wildman–Crippen LogP) is 2.34. The minimum Gasteiger partial charge on any atom is -0.326 e. The third-order valence-corrected chi connectivity index (χ3v) is 3.03. The summed E-state index contributed by atoms with van der Waals surface area (Å²) >= 11 is 0. The first-order valence-corrected chi connectivity index (χ1v) is 6.51. The molecule has 0 saturated heterocycles. The number of hydrogen-bond donors (Lipinski definition) is 1. The molecule has 0 radical (unpaired) electrons. The lowest BCUT2D eigenvalue weighted by atomic mass is 9.83. The second-order valence-electron chi connectivity index (χ2n) is 5.77. The van der Waals surface area contributed by atoms with Crippen molar-refractivity contribution in [3.63, 3.8) is 0 Å². The molecule has 0 saturated carbocycles. The van der Waals surface area contributed by atoms with E-state index in [0.717, 1.165) is 24.5 Å². The lowest BCUT2D eigenvalue weighted by molar-refractivity contribution is 0.191. The monoisotopic (exact) mass is 238 g/mol. The molecule has 1 rings (SSSR count). The number of nitrogens with zero attached hydrogens (tertiary/aromatic N) is 3. The highest BCUT2D eigenvalue weighted by Crippen LogP contribution is 2.33. The minimum absolute atomic E-state index is 0.0618. The van der Waals surface area contributed by atoms with Gasteiger partial charge in [0, 0.05) is 18.9 Å². The summed E-state index contributed by atoms with van der Waals surface area (Å²) in [7, 11) is 0. The molecule has 98 valence electrons. The lowest BCUT2D eigenvalue weighted by Crippen LogP contribution is -2.39. The summed E-state index contributed by atoms with van der Waals surface area (Å²) in [6.07, 6.45) is 1.77. The van der Waals surface area contributed by atoms with Crippen LogP contribution in [-0.2, 0) is 12.8 Å². The summed E-state index contributed by atoms with van der Waals surface area (Å²) in [6.45, 7) is 12.8. The molecular formula is C13H26N4. The van der Waals surface area contributed by atoms with Crippen molar-refractivity contribution in [2.75, 3.05) is 0 Å². The molecular weight excluding hydrogens is 212 g/mol. The summed E-state index contributed by atoms with van der Waals surface area (Å²) < 4.78 is 2.05. The van der Waals surface area contributed by atoms with Crippen molar-refractivity contribution in [1.29, 1.82) is 0 Å². The molecule has 1 aromatic heterocycles.